The molecule has 4 aromatic rings. The Bertz CT molecular complexity index is 1110. The summed E-state index contributed by atoms with van der Waals surface area (Å²) in [5.74, 6) is -0.512. The summed E-state index contributed by atoms with van der Waals surface area (Å²) in [7, 11) is 0. The maximum Gasteiger partial charge on any atom is 0.220 e. The minimum Gasteiger partial charge on any atom is -0.389 e. The lowest BCUT2D eigenvalue weighted by Crippen LogP contribution is -1.95. The summed E-state index contributed by atoms with van der Waals surface area (Å²) in [6.45, 7) is 1.72. The second kappa shape index (κ2) is 6.63. The molecule has 2 aromatic heterocycles. The van der Waals surface area contributed by atoms with Gasteiger partial charge in [-0.05, 0) is 64.3 Å². The molecule has 0 saturated carbocycles. The number of hydrogen-bond donors (Lipinski definition) is 1. The molecule has 130 valence electrons. The number of pyridine rings is 1. The molecule has 4 nitrogen and oxygen atoms in total. The van der Waals surface area contributed by atoms with Crippen LogP contribution in [0.4, 0.5) is 4.39 Å². The standard InChI is InChI=1S/C20H15BrFN3O/c1-12(26)13-5-6-19-18(8-13)24-11-25(19)16-4-2-3-14(7-16)17-9-15(21)10-23-20(17)22/h2-12,26H,1H3. The molecule has 0 radical (unpaired) electrons. The Hall–Kier alpha value is -2.57. The molecule has 0 spiro atoms. The highest BCUT2D eigenvalue weighted by Crippen LogP contribution is 2.28. The van der Waals surface area contributed by atoms with Crippen molar-refractivity contribution in [2.75, 3.05) is 0 Å². The molecule has 1 atom stereocenters. The fraction of sp³-hybridized carbons (Fsp3) is 0.100. The van der Waals surface area contributed by atoms with Gasteiger partial charge >= 0.3 is 0 Å². The van der Waals surface area contributed by atoms with E-state index in [-0.39, 0.29) is 0 Å². The third-order valence-electron chi connectivity index (χ3n) is 4.29. The highest BCUT2D eigenvalue weighted by atomic mass is 79.9. The number of aromatic nitrogens is 3. The van der Waals surface area contributed by atoms with Crippen LogP contribution in [0.25, 0.3) is 27.8 Å². The van der Waals surface area contributed by atoms with Crippen molar-refractivity contribution in [2.24, 2.45) is 0 Å². The van der Waals surface area contributed by atoms with Crippen LogP contribution in [0.2, 0.25) is 0 Å². The lowest BCUT2D eigenvalue weighted by molar-refractivity contribution is 0.199. The van der Waals surface area contributed by atoms with E-state index in [4.69, 9.17) is 0 Å². The van der Waals surface area contributed by atoms with E-state index in [0.29, 0.717) is 5.56 Å². The van der Waals surface area contributed by atoms with Crippen molar-refractivity contribution < 1.29 is 9.50 Å². The van der Waals surface area contributed by atoms with Gasteiger partial charge in [0.1, 0.15) is 6.33 Å². The molecule has 0 aliphatic carbocycles. The maximum absolute atomic E-state index is 14.1. The van der Waals surface area contributed by atoms with Crippen molar-refractivity contribution in [3.63, 3.8) is 0 Å². The fourth-order valence-electron chi connectivity index (χ4n) is 2.94. The van der Waals surface area contributed by atoms with Gasteiger partial charge in [0.2, 0.25) is 5.95 Å². The number of aliphatic hydroxyl groups excluding tert-OH is 1. The van der Waals surface area contributed by atoms with E-state index in [9.17, 15) is 9.50 Å². The number of halogens is 2. The Kier molecular flexibility index (Phi) is 4.30. The summed E-state index contributed by atoms with van der Waals surface area (Å²) in [6.07, 6.45) is 2.62. The molecule has 6 heteroatoms. The van der Waals surface area contributed by atoms with Gasteiger partial charge in [-0.2, -0.15) is 4.39 Å². The van der Waals surface area contributed by atoms with Crippen LogP contribution in [0.3, 0.4) is 0 Å². The first-order valence-electron chi connectivity index (χ1n) is 8.10. The monoisotopic (exact) mass is 411 g/mol. The summed E-state index contributed by atoms with van der Waals surface area (Å²) >= 11 is 3.34. The molecular formula is C20H15BrFN3O. The average molecular weight is 412 g/mol. The van der Waals surface area contributed by atoms with Crippen molar-refractivity contribution in [3.05, 3.63) is 77.0 Å². The minimum atomic E-state index is -0.542. The lowest BCUT2D eigenvalue weighted by Gasteiger charge is -2.09. The molecule has 4 rings (SSSR count). The third kappa shape index (κ3) is 3.02. The Labute approximate surface area is 158 Å². The Morgan fingerprint density at radius 1 is 1.12 bits per heavy atom. The van der Waals surface area contributed by atoms with Crippen molar-refractivity contribution in [1.82, 2.24) is 14.5 Å². The summed E-state index contributed by atoms with van der Waals surface area (Å²) in [5.41, 5.74) is 4.56. The molecule has 0 saturated heterocycles. The quantitative estimate of drug-likeness (QED) is 0.480. The molecule has 1 N–H and O–H groups in total. The van der Waals surface area contributed by atoms with Crippen LogP contribution in [0.15, 0.2) is 65.5 Å². The zero-order valence-corrected chi connectivity index (χ0v) is 15.5. The van der Waals surface area contributed by atoms with E-state index in [1.54, 1.807) is 19.3 Å². The van der Waals surface area contributed by atoms with Gasteiger partial charge in [-0.15, -0.1) is 0 Å². The zero-order chi connectivity index (χ0) is 18.3. The number of aliphatic hydroxyl groups is 1. The van der Waals surface area contributed by atoms with Crippen molar-refractivity contribution in [1.29, 1.82) is 0 Å². The molecule has 0 fully saturated rings. The topological polar surface area (TPSA) is 50.9 Å². The second-order valence-electron chi connectivity index (χ2n) is 6.08. The fourth-order valence-corrected chi connectivity index (χ4v) is 3.27. The lowest BCUT2D eigenvalue weighted by atomic mass is 10.1. The number of benzene rings is 2. The van der Waals surface area contributed by atoms with Crippen molar-refractivity contribution >= 4 is 27.0 Å². The van der Waals surface area contributed by atoms with Crippen LogP contribution >= 0.6 is 15.9 Å². The van der Waals surface area contributed by atoms with Crippen LogP contribution in [0.5, 0.6) is 0 Å². The van der Waals surface area contributed by atoms with E-state index in [2.05, 4.69) is 25.9 Å². The number of nitrogens with zero attached hydrogens (tertiary/aromatic N) is 3. The van der Waals surface area contributed by atoms with Crippen LogP contribution < -0.4 is 0 Å². The number of fused-ring (bicyclic) bond motifs is 1. The largest absolute Gasteiger partial charge is 0.389 e. The molecule has 0 aliphatic rings. The molecule has 0 bridgehead atoms. The number of hydrogen-bond acceptors (Lipinski definition) is 3. The first-order chi connectivity index (χ1) is 12.5. The molecule has 0 aliphatic heterocycles. The van der Waals surface area contributed by atoms with Crippen LogP contribution in [-0.2, 0) is 0 Å². The zero-order valence-electron chi connectivity index (χ0n) is 13.9. The Morgan fingerprint density at radius 3 is 2.77 bits per heavy atom. The van der Waals surface area contributed by atoms with E-state index < -0.39 is 12.1 Å². The van der Waals surface area contributed by atoms with Crippen LogP contribution in [0, 0.1) is 5.95 Å². The van der Waals surface area contributed by atoms with E-state index in [1.165, 1.54) is 6.20 Å². The summed E-state index contributed by atoms with van der Waals surface area (Å²) in [5, 5.41) is 9.74. The normalized spacial score (nSPS) is 12.5. The van der Waals surface area contributed by atoms with E-state index in [1.807, 2.05) is 47.0 Å². The van der Waals surface area contributed by atoms with Gasteiger partial charge in [-0.3, -0.25) is 4.57 Å². The molecule has 0 amide bonds. The number of imidazole rings is 1. The predicted octanol–water partition coefficient (Wildman–Crippen LogP) is 5.04. The number of rotatable bonds is 3. The predicted molar refractivity (Wildman–Crippen MR) is 103 cm³/mol. The van der Waals surface area contributed by atoms with Gasteiger partial charge in [0, 0.05) is 21.9 Å². The summed E-state index contributed by atoms with van der Waals surface area (Å²) in [4.78, 5) is 8.20. The Morgan fingerprint density at radius 2 is 1.96 bits per heavy atom. The van der Waals surface area contributed by atoms with Gasteiger partial charge in [0.25, 0.3) is 0 Å². The van der Waals surface area contributed by atoms with Crippen LogP contribution in [0.1, 0.15) is 18.6 Å². The molecule has 26 heavy (non-hydrogen) atoms. The smallest absolute Gasteiger partial charge is 0.220 e. The van der Waals surface area contributed by atoms with Crippen LogP contribution in [-0.4, -0.2) is 19.6 Å². The van der Waals surface area contributed by atoms with Crippen molar-refractivity contribution in [2.45, 2.75) is 13.0 Å². The molecule has 1 unspecified atom stereocenters. The van der Waals surface area contributed by atoms with E-state index >= 15 is 0 Å². The SMILES string of the molecule is CC(O)c1ccc2c(c1)ncn2-c1cccc(-c2cc(Br)cnc2F)c1. The van der Waals surface area contributed by atoms with Crippen molar-refractivity contribution in [3.8, 4) is 16.8 Å². The van der Waals surface area contributed by atoms with Gasteiger partial charge < -0.3 is 5.11 Å². The first kappa shape index (κ1) is 16.9. The molecular weight excluding hydrogens is 397 g/mol. The third-order valence-corrected chi connectivity index (χ3v) is 4.73. The highest BCUT2D eigenvalue weighted by molar-refractivity contribution is 9.10. The van der Waals surface area contributed by atoms with E-state index in [0.717, 1.165) is 32.3 Å². The van der Waals surface area contributed by atoms with Gasteiger partial charge in [-0.1, -0.05) is 18.2 Å². The molecule has 2 heterocycles. The first-order valence-corrected chi connectivity index (χ1v) is 8.89. The maximum atomic E-state index is 14.1. The second-order valence-corrected chi connectivity index (χ2v) is 7.00. The van der Waals surface area contributed by atoms with Gasteiger partial charge in [-0.25, -0.2) is 9.97 Å². The minimum absolute atomic E-state index is 0.432. The molecule has 2 aromatic carbocycles. The highest BCUT2D eigenvalue weighted by Gasteiger charge is 2.11. The Balaban J connectivity index is 1.82. The van der Waals surface area contributed by atoms with Gasteiger partial charge in [0.15, 0.2) is 0 Å². The van der Waals surface area contributed by atoms with Gasteiger partial charge in [0.05, 0.1) is 17.1 Å². The average Bonchev–Trinajstić information content (AvgIpc) is 3.07. The summed E-state index contributed by atoms with van der Waals surface area (Å²) < 4.78 is 16.8. The summed E-state index contributed by atoms with van der Waals surface area (Å²) in [6, 6.07) is 15.0.